The molecule has 1 rings (SSSR count). The molecule has 0 aromatic carbocycles. The van der Waals surface area contributed by atoms with E-state index >= 15 is 0 Å². The summed E-state index contributed by atoms with van der Waals surface area (Å²) in [5.41, 5.74) is 0.168. The number of ether oxygens (including phenoxy) is 2. The molecule has 1 unspecified atom stereocenters. The summed E-state index contributed by atoms with van der Waals surface area (Å²) in [6, 6.07) is 0. The molecule has 1 fully saturated rings. The summed E-state index contributed by atoms with van der Waals surface area (Å²) in [6.45, 7) is 10.4. The molecule has 0 bridgehead atoms. The third-order valence-corrected chi connectivity index (χ3v) is 3.56. The van der Waals surface area contributed by atoms with E-state index in [0.717, 1.165) is 6.54 Å². The number of nitrogens with one attached hydrogen (secondary N) is 1. The molecule has 18 heavy (non-hydrogen) atoms. The van der Waals surface area contributed by atoms with Crippen molar-refractivity contribution in [2.24, 2.45) is 0 Å². The van der Waals surface area contributed by atoms with Crippen LogP contribution in [0.4, 0.5) is 0 Å². The van der Waals surface area contributed by atoms with Crippen molar-refractivity contribution >= 4 is 0 Å². The van der Waals surface area contributed by atoms with Crippen molar-refractivity contribution in [2.45, 2.75) is 77.0 Å². The lowest BCUT2D eigenvalue weighted by Crippen LogP contribution is -2.51. The van der Waals surface area contributed by atoms with Gasteiger partial charge in [0.1, 0.15) is 0 Å². The molecule has 0 aliphatic heterocycles. The van der Waals surface area contributed by atoms with E-state index in [9.17, 15) is 0 Å². The van der Waals surface area contributed by atoms with Gasteiger partial charge in [0.15, 0.2) is 0 Å². The van der Waals surface area contributed by atoms with Crippen molar-refractivity contribution in [3.8, 4) is 0 Å². The van der Waals surface area contributed by atoms with Crippen molar-refractivity contribution in [2.75, 3.05) is 20.3 Å². The van der Waals surface area contributed by atoms with Crippen LogP contribution in [0.5, 0.6) is 0 Å². The zero-order valence-electron chi connectivity index (χ0n) is 12.8. The Kier molecular flexibility index (Phi) is 6.09. The molecule has 1 saturated carbocycles. The fourth-order valence-corrected chi connectivity index (χ4v) is 2.65. The van der Waals surface area contributed by atoms with Crippen LogP contribution < -0.4 is 5.32 Å². The highest BCUT2D eigenvalue weighted by atomic mass is 16.5. The summed E-state index contributed by atoms with van der Waals surface area (Å²) in [7, 11) is 1.74. The molecule has 1 atom stereocenters. The third kappa shape index (κ3) is 5.68. The van der Waals surface area contributed by atoms with Gasteiger partial charge in [0.25, 0.3) is 0 Å². The minimum atomic E-state index is 0.0173. The Morgan fingerprint density at radius 1 is 1.17 bits per heavy atom. The van der Waals surface area contributed by atoms with Crippen LogP contribution in [0.2, 0.25) is 0 Å². The Balaban J connectivity index is 2.57. The van der Waals surface area contributed by atoms with Crippen molar-refractivity contribution in [1.82, 2.24) is 5.32 Å². The minimum absolute atomic E-state index is 0.0173. The van der Waals surface area contributed by atoms with Gasteiger partial charge in [-0.15, -0.1) is 0 Å². The number of methoxy groups -OCH3 is 1. The summed E-state index contributed by atoms with van der Waals surface area (Å²) in [6.07, 6.45) is 6.43. The Hall–Kier alpha value is -0.120. The Morgan fingerprint density at radius 2 is 1.78 bits per heavy atom. The fraction of sp³-hybridized carbons (Fsp3) is 1.00. The molecule has 1 N–H and O–H groups in total. The first-order chi connectivity index (χ1) is 8.37. The zero-order valence-corrected chi connectivity index (χ0v) is 12.8. The number of hydrogen-bond donors (Lipinski definition) is 1. The van der Waals surface area contributed by atoms with Crippen molar-refractivity contribution in [3.05, 3.63) is 0 Å². The molecule has 0 aromatic heterocycles. The SMILES string of the molecule is COCC(C)OC1(CNC(C)(C)C)CCCCC1. The highest BCUT2D eigenvalue weighted by molar-refractivity contribution is 4.89. The van der Waals surface area contributed by atoms with Crippen LogP contribution in [0.1, 0.15) is 59.8 Å². The number of hydrogen-bond acceptors (Lipinski definition) is 3. The maximum absolute atomic E-state index is 6.33. The second-order valence-electron chi connectivity index (χ2n) is 6.73. The van der Waals surface area contributed by atoms with Gasteiger partial charge >= 0.3 is 0 Å². The lowest BCUT2D eigenvalue weighted by atomic mass is 9.83. The topological polar surface area (TPSA) is 30.5 Å². The molecule has 0 amide bonds. The molecule has 0 saturated heterocycles. The molecule has 1 aliphatic carbocycles. The molecule has 108 valence electrons. The van der Waals surface area contributed by atoms with Gasteiger partial charge in [0.2, 0.25) is 0 Å². The third-order valence-electron chi connectivity index (χ3n) is 3.56. The van der Waals surface area contributed by atoms with Crippen LogP contribution in [-0.2, 0) is 9.47 Å². The van der Waals surface area contributed by atoms with E-state index in [-0.39, 0.29) is 17.2 Å². The summed E-state index contributed by atoms with van der Waals surface area (Å²) in [5, 5.41) is 3.61. The lowest BCUT2D eigenvalue weighted by molar-refractivity contribution is -0.124. The van der Waals surface area contributed by atoms with Crippen LogP contribution in [0.3, 0.4) is 0 Å². The number of rotatable bonds is 6. The highest BCUT2D eigenvalue weighted by Gasteiger charge is 2.35. The van der Waals surface area contributed by atoms with Crippen LogP contribution in [0.15, 0.2) is 0 Å². The van der Waals surface area contributed by atoms with Crippen molar-refractivity contribution in [3.63, 3.8) is 0 Å². The van der Waals surface area contributed by atoms with Gasteiger partial charge in [-0.1, -0.05) is 19.3 Å². The summed E-state index contributed by atoms with van der Waals surface area (Å²) >= 11 is 0. The fourth-order valence-electron chi connectivity index (χ4n) is 2.65. The first-order valence-corrected chi connectivity index (χ1v) is 7.29. The maximum atomic E-state index is 6.33. The van der Waals surface area contributed by atoms with Gasteiger partial charge in [-0.2, -0.15) is 0 Å². The standard InChI is InChI=1S/C15H31NO2/c1-13(11-17-5)18-15(9-7-6-8-10-15)12-16-14(2,3)4/h13,16H,6-12H2,1-5H3. The predicted molar refractivity (Wildman–Crippen MR) is 76.0 cm³/mol. The van der Waals surface area contributed by atoms with E-state index < -0.39 is 0 Å². The second-order valence-corrected chi connectivity index (χ2v) is 6.73. The second kappa shape index (κ2) is 6.88. The maximum Gasteiger partial charge on any atom is 0.0811 e. The molecule has 0 spiro atoms. The monoisotopic (exact) mass is 257 g/mol. The molecule has 0 heterocycles. The molecule has 0 radical (unpaired) electrons. The van der Waals surface area contributed by atoms with E-state index in [0.29, 0.717) is 6.61 Å². The zero-order chi connectivity index (χ0) is 13.6. The molecule has 3 nitrogen and oxygen atoms in total. The van der Waals surface area contributed by atoms with Gasteiger partial charge in [-0.25, -0.2) is 0 Å². The molecule has 1 aliphatic rings. The smallest absolute Gasteiger partial charge is 0.0811 e. The Labute approximate surface area is 113 Å². The summed E-state index contributed by atoms with van der Waals surface area (Å²) in [5.74, 6) is 0. The van der Waals surface area contributed by atoms with E-state index in [1.165, 1.54) is 32.1 Å². The minimum Gasteiger partial charge on any atom is -0.382 e. The van der Waals surface area contributed by atoms with E-state index in [4.69, 9.17) is 9.47 Å². The molecular formula is C15H31NO2. The van der Waals surface area contributed by atoms with Gasteiger partial charge in [0.05, 0.1) is 18.3 Å². The van der Waals surface area contributed by atoms with Crippen LogP contribution in [0, 0.1) is 0 Å². The molecule has 0 aromatic rings. The average Bonchev–Trinajstić information content (AvgIpc) is 2.27. The van der Waals surface area contributed by atoms with Gasteiger partial charge in [-0.3, -0.25) is 0 Å². The first-order valence-electron chi connectivity index (χ1n) is 7.29. The quantitative estimate of drug-likeness (QED) is 0.793. The molecular weight excluding hydrogens is 226 g/mol. The van der Waals surface area contributed by atoms with Gasteiger partial charge in [-0.05, 0) is 40.5 Å². The van der Waals surface area contributed by atoms with Gasteiger partial charge < -0.3 is 14.8 Å². The first kappa shape index (κ1) is 15.9. The van der Waals surface area contributed by atoms with E-state index in [1.807, 2.05) is 0 Å². The normalized spacial score (nSPS) is 21.8. The van der Waals surface area contributed by atoms with E-state index in [2.05, 4.69) is 33.0 Å². The van der Waals surface area contributed by atoms with Crippen LogP contribution in [0.25, 0.3) is 0 Å². The van der Waals surface area contributed by atoms with E-state index in [1.54, 1.807) is 7.11 Å². The van der Waals surface area contributed by atoms with Gasteiger partial charge in [0, 0.05) is 19.2 Å². The lowest BCUT2D eigenvalue weighted by Gasteiger charge is -2.41. The largest absolute Gasteiger partial charge is 0.382 e. The Bertz CT molecular complexity index is 229. The molecule has 3 heteroatoms. The van der Waals surface area contributed by atoms with Crippen molar-refractivity contribution < 1.29 is 9.47 Å². The highest BCUT2D eigenvalue weighted by Crippen LogP contribution is 2.32. The van der Waals surface area contributed by atoms with Crippen molar-refractivity contribution in [1.29, 1.82) is 0 Å². The summed E-state index contributed by atoms with van der Waals surface area (Å²) in [4.78, 5) is 0. The summed E-state index contributed by atoms with van der Waals surface area (Å²) < 4.78 is 11.5. The van der Waals surface area contributed by atoms with Crippen LogP contribution >= 0.6 is 0 Å². The van der Waals surface area contributed by atoms with Crippen LogP contribution in [-0.4, -0.2) is 37.5 Å². The Morgan fingerprint density at radius 3 is 2.28 bits per heavy atom. The predicted octanol–water partition coefficient (Wildman–Crippen LogP) is 3.13. The average molecular weight is 257 g/mol.